The predicted molar refractivity (Wildman–Crippen MR) is 75.9 cm³/mol. The number of amides is 2. The highest BCUT2D eigenvalue weighted by molar-refractivity contribution is 6.30. The van der Waals surface area contributed by atoms with Crippen LogP contribution in [-0.2, 0) is 0 Å². The molecule has 1 unspecified atom stereocenters. The molecular weight excluding hydrogens is 248 g/mol. The molecule has 0 saturated carbocycles. The standard InChI is InChI=1S/C14H21ClN2O/c1-5-17(6-2)14(18)16(4)11(3)12-7-9-13(15)10-8-12/h7-11H,5-6H2,1-4H3. The first-order chi connectivity index (χ1) is 8.51. The smallest absolute Gasteiger partial charge is 0.320 e. The number of hydrogen-bond acceptors (Lipinski definition) is 1. The molecule has 0 saturated heterocycles. The van der Waals surface area contributed by atoms with Crippen LogP contribution in [-0.4, -0.2) is 36.0 Å². The van der Waals surface area contributed by atoms with E-state index in [2.05, 4.69) is 0 Å². The quantitative estimate of drug-likeness (QED) is 0.815. The molecule has 0 bridgehead atoms. The molecule has 1 rings (SSSR count). The molecule has 0 aliphatic heterocycles. The summed E-state index contributed by atoms with van der Waals surface area (Å²) in [7, 11) is 1.83. The van der Waals surface area contributed by atoms with E-state index in [0.717, 1.165) is 18.7 Å². The van der Waals surface area contributed by atoms with Crippen LogP contribution in [0.25, 0.3) is 0 Å². The van der Waals surface area contributed by atoms with Gasteiger partial charge in [0.1, 0.15) is 0 Å². The van der Waals surface area contributed by atoms with Crippen molar-refractivity contribution in [1.82, 2.24) is 9.80 Å². The zero-order chi connectivity index (χ0) is 13.7. The van der Waals surface area contributed by atoms with Crippen LogP contribution in [0, 0.1) is 0 Å². The van der Waals surface area contributed by atoms with E-state index < -0.39 is 0 Å². The predicted octanol–water partition coefficient (Wildman–Crippen LogP) is 3.79. The largest absolute Gasteiger partial charge is 0.325 e. The van der Waals surface area contributed by atoms with Gasteiger partial charge in [-0.25, -0.2) is 4.79 Å². The highest BCUT2D eigenvalue weighted by Gasteiger charge is 2.20. The Labute approximate surface area is 114 Å². The number of hydrogen-bond donors (Lipinski definition) is 0. The topological polar surface area (TPSA) is 23.6 Å². The fraction of sp³-hybridized carbons (Fsp3) is 0.500. The molecule has 0 aliphatic carbocycles. The summed E-state index contributed by atoms with van der Waals surface area (Å²) < 4.78 is 0. The second-order valence-corrected chi connectivity index (χ2v) is 4.73. The van der Waals surface area contributed by atoms with Crippen LogP contribution in [0.4, 0.5) is 4.79 Å². The van der Waals surface area contributed by atoms with Gasteiger partial charge in [-0.15, -0.1) is 0 Å². The van der Waals surface area contributed by atoms with E-state index in [-0.39, 0.29) is 12.1 Å². The van der Waals surface area contributed by atoms with Crippen molar-refractivity contribution in [1.29, 1.82) is 0 Å². The average Bonchev–Trinajstić information content (AvgIpc) is 2.39. The second-order valence-electron chi connectivity index (χ2n) is 4.29. The third-order valence-corrected chi connectivity index (χ3v) is 3.52. The molecule has 0 aromatic heterocycles. The maximum absolute atomic E-state index is 12.2. The van der Waals surface area contributed by atoms with Crippen molar-refractivity contribution in [3.63, 3.8) is 0 Å². The lowest BCUT2D eigenvalue weighted by Gasteiger charge is -2.31. The van der Waals surface area contributed by atoms with Gasteiger partial charge in [-0.3, -0.25) is 0 Å². The number of carbonyl (C=O) groups excluding carboxylic acids is 1. The van der Waals surface area contributed by atoms with Crippen molar-refractivity contribution in [2.45, 2.75) is 26.8 Å². The van der Waals surface area contributed by atoms with Crippen LogP contribution >= 0.6 is 11.6 Å². The average molecular weight is 269 g/mol. The zero-order valence-electron chi connectivity index (χ0n) is 11.5. The van der Waals surface area contributed by atoms with Gasteiger partial charge in [-0.2, -0.15) is 0 Å². The molecule has 0 aliphatic rings. The number of halogens is 1. The number of benzene rings is 1. The number of carbonyl (C=O) groups is 1. The molecule has 18 heavy (non-hydrogen) atoms. The first-order valence-electron chi connectivity index (χ1n) is 6.28. The van der Waals surface area contributed by atoms with Crippen molar-refractivity contribution >= 4 is 17.6 Å². The van der Waals surface area contributed by atoms with Crippen molar-refractivity contribution in [3.8, 4) is 0 Å². The highest BCUT2D eigenvalue weighted by Crippen LogP contribution is 2.21. The Bertz CT molecular complexity index is 387. The molecule has 3 nitrogen and oxygen atoms in total. The lowest BCUT2D eigenvalue weighted by Crippen LogP contribution is -2.42. The first-order valence-corrected chi connectivity index (χ1v) is 6.66. The minimum Gasteiger partial charge on any atom is -0.325 e. The molecule has 1 aromatic carbocycles. The van der Waals surface area contributed by atoms with Gasteiger partial charge in [-0.05, 0) is 38.5 Å². The van der Waals surface area contributed by atoms with Crippen LogP contribution in [0.1, 0.15) is 32.4 Å². The van der Waals surface area contributed by atoms with E-state index in [0.29, 0.717) is 5.02 Å². The first kappa shape index (κ1) is 14.8. The molecule has 0 N–H and O–H groups in total. The zero-order valence-corrected chi connectivity index (χ0v) is 12.2. The van der Waals surface area contributed by atoms with Gasteiger partial charge >= 0.3 is 6.03 Å². The minimum absolute atomic E-state index is 0.0374. The third kappa shape index (κ3) is 3.39. The molecular formula is C14H21ClN2O. The van der Waals surface area contributed by atoms with Crippen LogP contribution in [0.15, 0.2) is 24.3 Å². The molecule has 0 spiro atoms. The van der Waals surface area contributed by atoms with E-state index in [1.807, 2.05) is 57.0 Å². The monoisotopic (exact) mass is 268 g/mol. The molecule has 100 valence electrons. The molecule has 1 atom stereocenters. The fourth-order valence-corrected chi connectivity index (χ4v) is 1.97. The number of rotatable bonds is 4. The highest BCUT2D eigenvalue weighted by atomic mass is 35.5. The van der Waals surface area contributed by atoms with Crippen molar-refractivity contribution in [3.05, 3.63) is 34.9 Å². The second kappa shape index (κ2) is 6.64. The van der Waals surface area contributed by atoms with E-state index in [1.165, 1.54) is 0 Å². The summed E-state index contributed by atoms with van der Waals surface area (Å²) in [5.41, 5.74) is 1.09. The van der Waals surface area contributed by atoms with Crippen molar-refractivity contribution < 1.29 is 4.79 Å². The molecule has 0 heterocycles. The van der Waals surface area contributed by atoms with Crippen LogP contribution < -0.4 is 0 Å². The Morgan fingerprint density at radius 2 is 1.72 bits per heavy atom. The van der Waals surface area contributed by atoms with Crippen molar-refractivity contribution in [2.75, 3.05) is 20.1 Å². The molecule has 4 heteroatoms. The Morgan fingerprint density at radius 1 is 1.22 bits per heavy atom. The summed E-state index contributed by atoms with van der Waals surface area (Å²) in [5, 5.41) is 0.712. The Kier molecular flexibility index (Phi) is 5.48. The van der Waals surface area contributed by atoms with Crippen LogP contribution in [0.3, 0.4) is 0 Å². The van der Waals surface area contributed by atoms with Gasteiger partial charge in [-0.1, -0.05) is 23.7 Å². The SMILES string of the molecule is CCN(CC)C(=O)N(C)C(C)c1ccc(Cl)cc1. The summed E-state index contributed by atoms with van der Waals surface area (Å²) in [6.45, 7) is 7.45. The number of urea groups is 1. The number of nitrogens with zero attached hydrogens (tertiary/aromatic N) is 2. The van der Waals surface area contributed by atoms with Gasteiger partial charge in [0.05, 0.1) is 6.04 Å². The lowest BCUT2D eigenvalue weighted by molar-refractivity contribution is 0.154. The van der Waals surface area contributed by atoms with Gasteiger partial charge in [0.15, 0.2) is 0 Å². The van der Waals surface area contributed by atoms with E-state index in [9.17, 15) is 4.79 Å². The summed E-state index contributed by atoms with van der Waals surface area (Å²) in [6, 6.07) is 7.71. The minimum atomic E-state index is 0.0374. The maximum atomic E-state index is 12.2. The Morgan fingerprint density at radius 3 is 2.17 bits per heavy atom. The van der Waals surface area contributed by atoms with E-state index in [4.69, 9.17) is 11.6 Å². The Hall–Kier alpha value is -1.22. The van der Waals surface area contributed by atoms with Gasteiger partial charge in [0.25, 0.3) is 0 Å². The molecule has 0 radical (unpaired) electrons. The third-order valence-electron chi connectivity index (χ3n) is 3.27. The maximum Gasteiger partial charge on any atom is 0.320 e. The summed E-state index contributed by atoms with van der Waals surface area (Å²) in [4.78, 5) is 15.8. The van der Waals surface area contributed by atoms with Crippen LogP contribution in [0.5, 0.6) is 0 Å². The Balaban J connectivity index is 2.80. The summed E-state index contributed by atoms with van der Waals surface area (Å²) >= 11 is 5.87. The summed E-state index contributed by atoms with van der Waals surface area (Å²) in [6.07, 6.45) is 0. The van der Waals surface area contributed by atoms with Crippen LogP contribution in [0.2, 0.25) is 5.02 Å². The van der Waals surface area contributed by atoms with Gasteiger partial charge < -0.3 is 9.80 Å². The van der Waals surface area contributed by atoms with Gasteiger partial charge in [0.2, 0.25) is 0 Å². The van der Waals surface area contributed by atoms with E-state index in [1.54, 1.807) is 4.90 Å². The van der Waals surface area contributed by atoms with E-state index >= 15 is 0 Å². The molecule has 1 aromatic rings. The molecule has 0 fully saturated rings. The lowest BCUT2D eigenvalue weighted by atomic mass is 10.1. The van der Waals surface area contributed by atoms with Gasteiger partial charge in [0, 0.05) is 25.2 Å². The van der Waals surface area contributed by atoms with Crippen molar-refractivity contribution in [2.24, 2.45) is 0 Å². The fourth-order valence-electron chi connectivity index (χ4n) is 1.85. The summed E-state index contributed by atoms with van der Waals surface area (Å²) in [5.74, 6) is 0. The normalized spacial score (nSPS) is 12.1. The molecule has 2 amide bonds.